The summed E-state index contributed by atoms with van der Waals surface area (Å²) in [6.45, 7) is 2.72. The summed E-state index contributed by atoms with van der Waals surface area (Å²) in [4.78, 5) is 19.7. The predicted octanol–water partition coefficient (Wildman–Crippen LogP) is 3.37. The molecule has 0 aliphatic rings. The minimum Gasteiger partial charge on any atom is -0.494 e. The Balaban J connectivity index is 2.22. The molecule has 2 aromatic rings. The molecule has 0 aliphatic carbocycles. The van der Waals surface area contributed by atoms with Crippen LogP contribution in [0.15, 0.2) is 30.5 Å². The summed E-state index contributed by atoms with van der Waals surface area (Å²) < 4.78 is 10.1. The molecular formula is C15H15ClN2O3. The lowest BCUT2D eigenvalue weighted by Gasteiger charge is -2.06. The number of esters is 1. The summed E-state index contributed by atoms with van der Waals surface area (Å²) >= 11 is 5.98. The maximum absolute atomic E-state index is 11.4. The fraction of sp³-hybridized carbons (Fsp3) is 0.267. The summed E-state index contributed by atoms with van der Waals surface area (Å²) in [5.74, 6) is 0.669. The van der Waals surface area contributed by atoms with Gasteiger partial charge in [0.05, 0.1) is 13.7 Å². The molecule has 2 rings (SSSR count). The number of nitrogens with zero attached hydrogens (tertiary/aromatic N) is 2. The van der Waals surface area contributed by atoms with Crippen LogP contribution in [0, 0.1) is 0 Å². The summed E-state index contributed by atoms with van der Waals surface area (Å²) in [5.41, 5.74) is 0.933. The van der Waals surface area contributed by atoms with Crippen LogP contribution in [0.4, 0.5) is 0 Å². The number of hydrogen-bond acceptors (Lipinski definition) is 5. The van der Waals surface area contributed by atoms with Crippen molar-refractivity contribution in [1.82, 2.24) is 9.97 Å². The number of aromatic nitrogens is 2. The van der Waals surface area contributed by atoms with Crippen LogP contribution in [0.3, 0.4) is 0 Å². The number of hydrogen-bond donors (Lipinski definition) is 0. The highest BCUT2D eigenvalue weighted by atomic mass is 35.5. The third-order valence-electron chi connectivity index (χ3n) is 2.73. The van der Waals surface area contributed by atoms with Crippen LogP contribution in [0.2, 0.25) is 5.15 Å². The van der Waals surface area contributed by atoms with Crippen LogP contribution in [-0.4, -0.2) is 29.7 Å². The van der Waals surface area contributed by atoms with Gasteiger partial charge in [-0.15, -0.1) is 0 Å². The van der Waals surface area contributed by atoms with Gasteiger partial charge in [0.15, 0.2) is 5.82 Å². The van der Waals surface area contributed by atoms with Crippen molar-refractivity contribution >= 4 is 17.6 Å². The largest absolute Gasteiger partial charge is 0.494 e. The maximum Gasteiger partial charge on any atom is 0.342 e. The molecule has 0 saturated heterocycles. The van der Waals surface area contributed by atoms with E-state index < -0.39 is 5.97 Å². The molecule has 1 aromatic heterocycles. The average molecular weight is 307 g/mol. The van der Waals surface area contributed by atoms with Gasteiger partial charge in [-0.2, -0.15) is 0 Å². The van der Waals surface area contributed by atoms with Gasteiger partial charge >= 0.3 is 5.97 Å². The Kier molecular flexibility index (Phi) is 5.11. The Morgan fingerprint density at radius 3 is 2.57 bits per heavy atom. The normalized spacial score (nSPS) is 10.2. The molecule has 110 valence electrons. The third kappa shape index (κ3) is 3.70. The van der Waals surface area contributed by atoms with E-state index in [-0.39, 0.29) is 10.7 Å². The fourth-order valence-electron chi connectivity index (χ4n) is 1.67. The molecule has 6 heteroatoms. The minimum atomic E-state index is -0.560. The van der Waals surface area contributed by atoms with Gasteiger partial charge in [0, 0.05) is 11.8 Å². The lowest BCUT2D eigenvalue weighted by Crippen LogP contribution is -2.05. The molecule has 0 radical (unpaired) electrons. The highest BCUT2D eigenvalue weighted by molar-refractivity contribution is 6.32. The molecule has 0 amide bonds. The molecule has 0 saturated carbocycles. The molecular weight excluding hydrogens is 292 g/mol. The van der Waals surface area contributed by atoms with Crippen molar-refractivity contribution < 1.29 is 14.3 Å². The van der Waals surface area contributed by atoms with Crippen molar-refractivity contribution in [2.24, 2.45) is 0 Å². The quantitative estimate of drug-likeness (QED) is 0.626. The van der Waals surface area contributed by atoms with Crippen molar-refractivity contribution in [2.75, 3.05) is 13.7 Å². The molecule has 0 atom stereocenters. The first-order valence-corrected chi connectivity index (χ1v) is 6.87. The minimum absolute atomic E-state index is 0.0677. The number of benzene rings is 1. The fourth-order valence-corrected chi connectivity index (χ4v) is 1.87. The topological polar surface area (TPSA) is 61.3 Å². The van der Waals surface area contributed by atoms with E-state index in [9.17, 15) is 4.79 Å². The van der Waals surface area contributed by atoms with Gasteiger partial charge in [-0.1, -0.05) is 18.5 Å². The molecule has 0 N–H and O–H groups in total. The molecule has 0 spiro atoms. The van der Waals surface area contributed by atoms with E-state index in [2.05, 4.69) is 14.7 Å². The van der Waals surface area contributed by atoms with Gasteiger partial charge < -0.3 is 9.47 Å². The number of methoxy groups -OCH3 is 1. The molecule has 1 aromatic carbocycles. The highest BCUT2D eigenvalue weighted by Crippen LogP contribution is 2.22. The Hall–Kier alpha value is -2.14. The second kappa shape index (κ2) is 7.04. The van der Waals surface area contributed by atoms with Crippen molar-refractivity contribution in [2.45, 2.75) is 13.3 Å². The van der Waals surface area contributed by atoms with E-state index in [4.69, 9.17) is 16.3 Å². The van der Waals surface area contributed by atoms with Gasteiger partial charge in [-0.25, -0.2) is 14.8 Å². The van der Waals surface area contributed by atoms with Gasteiger partial charge in [0.2, 0.25) is 0 Å². The summed E-state index contributed by atoms with van der Waals surface area (Å²) in [5, 5.41) is 0.0677. The first-order valence-electron chi connectivity index (χ1n) is 6.49. The van der Waals surface area contributed by atoms with E-state index in [0.29, 0.717) is 12.4 Å². The van der Waals surface area contributed by atoms with Crippen LogP contribution < -0.4 is 4.74 Å². The lowest BCUT2D eigenvalue weighted by atomic mass is 10.2. The number of ether oxygens (including phenoxy) is 2. The van der Waals surface area contributed by atoms with Crippen molar-refractivity contribution in [3.8, 4) is 17.1 Å². The summed E-state index contributed by atoms with van der Waals surface area (Å²) in [6, 6.07) is 7.37. The molecule has 0 aliphatic heterocycles. The van der Waals surface area contributed by atoms with Crippen molar-refractivity contribution in [3.05, 3.63) is 41.2 Å². The maximum atomic E-state index is 11.4. The van der Waals surface area contributed by atoms with Crippen LogP contribution in [0.25, 0.3) is 11.4 Å². The Labute approximate surface area is 127 Å². The molecule has 5 nitrogen and oxygen atoms in total. The highest BCUT2D eigenvalue weighted by Gasteiger charge is 2.14. The first-order chi connectivity index (χ1) is 10.2. The van der Waals surface area contributed by atoms with E-state index in [1.807, 2.05) is 31.2 Å². The summed E-state index contributed by atoms with van der Waals surface area (Å²) in [6.07, 6.45) is 2.31. The molecule has 1 heterocycles. The van der Waals surface area contributed by atoms with Crippen molar-refractivity contribution in [3.63, 3.8) is 0 Å². The molecule has 0 fully saturated rings. The first kappa shape index (κ1) is 15.3. The van der Waals surface area contributed by atoms with Crippen molar-refractivity contribution in [1.29, 1.82) is 0 Å². The lowest BCUT2D eigenvalue weighted by molar-refractivity contribution is 0.0600. The summed E-state index contributed by atoms with van der Waals surface area (Å²) in [7, 11) is 1.28. The van der Waals surface area contributed by atoms with E-state index >= 15 is 0 Å². The number of carbonyl (C=O) groups is 1. The Morgan fingerprint density at radius 1 is 1.29 bits per heavy atom. The Bertz CT molecular complexity index is 629. The predicted molar refractivity (Wildman–Crippen MR) is 79.6 cm³/mol. The zero-order chi connectivity index (χ0) is 15.2. The molecule has 0 bridgehead atoms. The number of rotatable bonds is 5. The van der Waals surface area contributed by atoms with Gasteiger partial charge in [-0.3, -0.25) is 0 Å². The number of halogens is 1. The van der Waals surface area contributed by atoms with Crippen LogP contribution in [-0.2, 0) is 4.74 Å². The van der Waals surface area contributed by atoms with E-state index in [1.165, 1.54) is 13.3 Å². The second-order valence-electron chi connectivity index (χ2n) is 4.26. The van der Waals surface area contributed by atoms with Gasteiger partial charge in [0.1, 0.15) is 16.5 Å². The zero-order valence-electron chi connectivity index (χ0n) is 11.8. The van der Waals surface area contributed by atoms with Crippen LogP contribution in [0.5, 0.6) is 5.75 Å². The average Bonchev–Trinajstić information content (AvgIpc) is 2.52. The number of carbonyl (C=O) groups excluding carboxylic acids is 1. The van der Waals surface area contributed by atoms with E-state index in [0.717, 1.165) is 17.7 Å². The van der Waals surface area contributed by atoms with Crippen LogP contribution in [0.1, 0.15) is 23.7 Å². The molecule has 0 unspecified atom stereocenters. The third-order valence-corrected chi connectivity index (χ3v) is 3.02. The monoisotopic (exact) mass is 306 g/mol. The van der Waals surface area contributed by atoms with Gasteiger partial charge in [-0.05, 0) is 30.7 Å². The van der Waals surface area contributed by atoms with Gasteiger partial charge in [0.25, 0.3) is 0 Å². The SMILES string of the molecule is CCCOc1ccc(-c2ncc(C(=O)OC)c(Cl)n2)cc1. The van der Waals surface area contributed by atoms with E-state index in [1.54, 1.807) is 0 Å². The molecule has 21 heavy (non-hydrogen) atoms. The standard InChI is InChI=1S/C15H15ClN2O3/c1-3-8-21-11-6-4-10(5-7-11)14-17-9-12(13(16)18-14)15(19)20-2/h4-7,9H,3,8H2,1-2H3. The van der Waals surface area contributed by atoms with Crippen LogP contribution >= 0.6 is 11.6 Å². The Morgan fingerprint density at radius 2 is 2.00 bits per heavy atom. The smallest absolute Gasteiger partial charge is 0.342 e. The zero-order valence-corrected chi connectivity index (χ0v) is 12.6. The second-order valence-corrected chi connectivity index (χ2v) is 4.62.